The monoisotopic (exact) mass is 529 g/mol. The summed E-state index contributed by atoms with van der Waals surface area (Å²) in [6.07, 6.45) is -0.294. The van der Waals surface area contributed by atoms with Crippen LogP contribution in [0.4, 0.5) is 17.6 Å². The molecule has 1 fully saturated rings. The highest BCUT2D eigenvalue weighted by molar-refractivity contribution is 7.91. The molecule has 0 aromatic heterocycles. The number of esters is 1. The lowest BCUT2D eigenvalue weighted by atomic mass is 9.95. The van der Waals surface area contributed by atoms with E-state index in [1.54, 1.807) is 42.5 Å². The molecule has 0 aliphatic carbocycles. The summed E-state index contributed by atoms with van der Waals surface area (Å²) in [7, 11) is -5.24. The highest BCUT2D eigenvalue weighted by Gasteiger charge is 2.49. The van der Waals surface area contributed by atoms with Crippen molar-refractivity contribution in [3.8, 4) is 11.1 Å². The predicted octanol–water partition coefficient (Wildman–Crippen LogP) is 4.42. The molecule has 0 radical (unpaired) electrons. The van der Waals surface area contributed by atoms with Crippen LogP contribution in [0.25, 0.3) is 11.1 Å². The van der Waals surface area contributed by atoms with Gasteiger partial charge in [-0.3, -0.25) is 9.59 Å². The molecule has 12 heteroatoms. The van der Waals surface area contributed by atoms with E-state index in [-0.39, 0.29) is 30.5 Å². The van der Waals surface area contributed by atoms with Crippen LogP contribution in [0.1, 0.15) is 32.8 Å². The fourth-order valence-electron chi connectivity index (χ4n) is 4.33. The third-order valence-electron chi connectivity index (χ3n) is 5.96. The second-order valence-electron chi connectivity index (χ2n) is 9.03. The molecule has 1 saturated heterocycles. The molecule has 36 heavy (non-hydrogen) atoms. The maximum absolute atomic E-state index is 15.5. The van der Waals surface area contributed by atoms with Crippen molar-refractivity contribution in [3.05, 3.63) is 59.9 Å². The zero-order chi connectivity index (χ0) is 26.9. The summed E-state index contributed by atoms with van der Waals surface area (Å²) < 4.78 is 81.5. The van der Waals surface area contributed by atoms with Crippen LogP contribution in [-0.2, 0) is 30.7 Å². The van der Waals surface area contributed by atoms with Gasteiger partial charge >= 0.3 is 11.5 Å². The Labute approximate surface area is 206 Å². The van der Waals surface area contributed by atoms with Gasteiger partial charge < -0.3 is 9.64 Å². The summed E-state index contributed by atoms with van der Waals surface area (Å²) in [5.41, 5.74) is -6.00. The van der Waals surface area contributed by atoms with Crippen LogP contribution in [0.2, 0.25) is 0 Å². The van der Waals surface area contributed by atoms with Gasteiger partial charge in [-0.2, -0.15) is 13.2 Å². The highest BCUT2D eigenvalue weighted by Crippen LogP contribution is 2.32. The standard InChI is InChI=1S/C24H27F4N3O4S/c1-15(32)35-23(2,3)22(33)31-13-12-19(30-36(29,34)24(26,27)28)20(31)14-17-10-7-11-18(21(17)25)16-8-5-4-6-9-16/h4-11,19-20H,12-14H2,1-3H3,(H2,29,30,34)/t19-,20-,36?/m0/s1. The van der Waals surface area contributed by atoms with Crippen molar-refractivity contribution in [1.82, 2.24) is 9.62 Å². The van der Waals surface area contributed by atoms with Crippen molar-refractivity contribution in [3.63, 3.8) is 0 Å². The number of ether oxygens (including phenoxy) is 1. The molecule has 2 aromatic rings. The first-order chi connectivity index (χ1) is 16.6. The molecule has 196 valence electrons. The van der Waals surface area contributed by atoms with E-state index in [1.807, 2.05) is 4.72 Å². The SMILES string of the molecule is CC(=O)OC(C)(C)C(=O)N1CC[C@H](NS(=N)(=O)C(F)(F)F)[C@@H]1Cc1cccc(-c2ccccc2)c1F. The molecule has 1 aliphatic heterocycles. The van der Waals surface area contributed by atoms with E-state index in [2.05, 4.69) is 0 Å². The van der Waals surface area contributed by atoms with Gasteiger partial charge in [0.25, 0.3) is 5.91 Å². The number of hydrogen-bond donors (Lipinski definition) is 2. The zero-order valence-corrected chi connectivity index (χ0v) is 20.7. The quantitative estimate of drug-likeness (QED) is 0.410. The van der Waals surface area contributed by atoms with Gasteiger partial charge in [0.05, 0.1) is 6.04 Å². The molecule has 3 atom stereocenters. The maximum Gasteiger partial charge on any atom is 0.492 e. The zero-order valence-electron chi connectivity index (χ0n) is 19.9. The van der Waals surface area contributed by atoms with E-state index in [9.17, 15) is 27.0 Å². The van der Waals surface area contributed by atoms with Gasteiger partial charge in [-0.15, -0.1) is 0 Å². The lowest BCUT2D eigenvalue weighted by Gasteiger charge is -2.34. The fraction of sp³-hybridized carbons (Fsp3) is 0.417. The number of nitrogens with one attached hydrogen (secondary N) is 2. The topological polar surface area (TPSA) is 99.6 Å². The molecule has 1 heterocycles. The Hall–Kier alpha value is -2.99. The summed E-state index contributed by atoms with van der Waals surface area (Å²) in [6, 6.07) is 10.9. The second-order valence-corrected chi connectivity index (χ2v) is 10.8. The minimum absolute atomic E-state index is 0.0702. The van der Waals surface area contributed by atoms with Gasteiger partial charge in [0.1, 0.15) is 5.82 Å². The van der Waals surface area contributed by atoms with Crippen LogP contribution >= 0.6 is 0 Å². The number of nitrogens with zero attached hydrogens (tertiary/aromatic N) is 1. The molecular formula is C24H27F4N3O4S. The third kappa shape index (κ3) is 5.86. The van der Waals surface area contributed by atoms with Crippen molar-refractivity contribution in [2.24, 2.45) is 0 Å². The Bertz CT molecular complexity index is 1230. The molecule has 2 aromatic carbocycles. The first kappa shape index (κ1) is 27.6. The predicted molar refractivity (Wildman–Crippen MR) is 125 cm³/mol. The number of carbonyl (C=O) groups excluding carboxylic acids is 2. The van der Waals surface area contributed by atoms with Crippen molar-refractivity contribution in [2.45, 2.75) is 56.8 Å². The summed E-state index contributed by atoms with van der Waals surface area (Å²) >= 11 is 0. The fourth-order valence-corrected chi connectivity index (χ4v) is 5.16. The average Bonchev–Trinajstić information content (AvgIpc) is 3.14. The number of benzene rings is 2. The number of halogens is 4. The van der Waals surface area contributed by atoms with E-state index >= 15 is 4.39 Å². The highest BCUT2D eigenvalue weighted by atomic mass is 32.2. The molecule has 7 nitrogen and oxygen atoms in total. The summed E-state index contributed by atoms with van der Waals surface area (Å²) in [5.74, 6) is -2.04. The lowest BCUT2D eigenvalue weighted by molar-refractivity contribution is -0.169. The van der Waals surface area contributed by atoms with Crippen molar-refractivity contribution >= 4 is 21.8 Å². The van der Waals surface area contributed by atoms with Gasteiger partial charge in [0.2, 0.25) is 9.92 Å². The number of rotatable bonds is 7. The van der Waals surface area contributed by atoms with Crippen LogP contribution in [0.15, 0.2) is 48.5 Å². The van der Waals surface area contributed by atoms with E-state index in [0.717, 1.165) is 6.92 Å². The Morgan fingerprint density at radius 3 is 2.36 bits per heavy atom. The Morgan fingerprint density at radius 1 is 1.14 bits per heavy atom. The van der Waals surface area contributed by atoms with Gasteiger partial charge in [-0.25, -0.2) is 18.1 Å². The van der Waals surface area contributed by atoms with Gasteiger partial charge in [-0.05, 0) is 37.8 Å². The third-order valence-corrected chi connectivity index (χ3v) is 7.24. The van der Waals surface area contributed by atoms with E-state index in [0.29, 0.717) is 5.56 Å². The minimum Gasteiger partial charge on any atom is -0.450 e. The van der Waals surface area contributed by atoms with Gasteiger partial charge in [-0.1, -0.05) is 48.5 Å². The average molecular weight is 530 g/mol. The van der Waals surface area contributed by atoms with Gasteiger partial charge in [0, 0.05) is 25.1 Å². The molecule has 0 spiro atoms. The van der Waals surface area contributed by atoms with Crippen LogP contribution in [0, 0.1) is 10.6 Å². The summed E-state index contributed by atoms with van der Waals surface area (Å²) in [6.45, 7) is 3.73. The number of amides is 1. The summed E-state index contributed by atoms with van der Waals surface area (Å²) in [5, 5.41) is 0. The molecule has 0 bridgehead atoms. The first-order valence-electron chi connectivity index (χ1n) is 11.1. The Balaban J connectivity index is 2.00. The molecule has 1 amide bonds. The molecule has 1 unspecified atom stereocenters. The Morgan fingerprint density at radius 2 is 1.78 bits per heavy atom. The number of hydrogen-bond acceptors (Lipinski definition) is 5. The maximum atomic E-state index is 15.5. The van der Waals surface area contributed by atoms with Crippen molar-refractivity contribution in [1.29, 1.82) is 4.78 Å². The Kier molecular flexibility index (Phi) is 7.80. The second kappa shape index (κ2) is 10.2. The van der Waals surface area contributed by atoms with Crippen molar-refractivity contribution < 1.29 is 36.1 Å². The number of alkyl halides is 3. The molecule has 1 aliphatic rings. The van der Waals surface area contributed by atoms with Crippen molar-refractivity contribution in [2.75, 3.05) is 6.54 Å². The largest absolute Gasteiger partial charge is 0.492 e. The molecule has 2 N–H and O–H groups in total. The summed E-state index contributed by atoms with van der Waals surface area (Å²) in [4.78, 5) is 26.0. The van der Waals surface area contributed by atoms with E-state index < -0.39 is 50.8 Å². The van der Waals surface area contributed by atoms with Crippen LogP contribution in [-0.4, -0.2) is 50.7 Å². The minimum atomic E-state index is -5.34. The molecular weight excluding hydrogens is 502 g/mol. The van der Waals surface area contributed by atoms with E-state index in [4.69, 9.17) is 9.52 Å². The van der Waals surface area contributed by atoms with Crippen LogP contribution in [0.3, 0.4) is 0 Å². The van der Waals surface area contributed by atoms with Crippen LogP contribution in [0.5, 0.6) is 0 Å². The number of carbonyl (C=O) groups is 2. The molecule has 0 saturated carbocycles. The normalized spacial score (nSPS) is 20.1. The number of likely N-dealkylation sites (tertiary alicyclic amines) is 1. The van der Waals surface area contributed by atoms with E-state index in [1.165, 1.54) is 24.8 Å². The van der Waals surface area contributed by atoms with Gasteiger partial charge in [0.15, 0.2) is 5.60 Å². The van der Waals surface area contributed by atoms with Crippen LogP contribution < -0.4 is 4.72 Å². The smallest absolute Gasteiger partial charge is 0.450 e. The first-order valence-corrected chi connectivity index (χ1v) is 12.7. The molecule has 3 rings (SSSR count). The lowest BCUT2D eigenvalue weighted by Crippen LogP contribution is -2.54.